The molecule has 2 atom stereocenters. The van der Waals surface area contributed by atoms with Crippen LogP contribution in [0, 0.1) is 6.92 Å². The molecule has 2 aliphatic rings. The Kier molecular flexibility index (Phi) is 6.56. The van der Waals surface area contributed by atoms with Gasteiger partial charge >= 0.3 is 0 Å². The first-order valence-corrected chi connectivity index (χ1v) is 14.3. The van der Waals surface area contributed by atoms with Gasteiger partial charge in [-0.3, -0.25) is 9.52 Å². The normalized spacial score (nSPS) is 20.8. The fourth-order valence-electron chi connectivity index (χ4n) is 5.10. The number of anilines is 2. The number of piperidine rings is 1. The minimum Gasteiger partial charge on any atom is -0.355 e. The van der Waals surface area contributed by atoms with E-state index in [9.17, 15) is 13.2 Å². The van der Waals surface area contributed by atoms with Gasteiger partial charge in [-0.2, -0.15) is 5.10 Å². The van der Waals surface area contributed by atoms with Crippen molar-refractivity contribution in [2.45, 2.75) is 44.7 Å². The van der Waals surface area contributed by atoms with Crippen LogP contribution >= 0.6 is 11.6 Å². The van der Waals surface area contributed by atoms with Crippen LogP contribution in [-0.2, 0) is 10.0 Å². The van der Waals surface area contributed by atoms with Gasteiger partial charge in [0.15, 0.2) is 5.65 Å². The summed E-state index contributed by atoms with van der Waals surface area (Å²) in [6, 6.07) is 6.40. The van der Waals surface area contributed by atoms with Crippen molar-refractivity contribution in [3.63, 3.8) is 0 Å². The van der Waals surface area contributed by atoms with E-state index in [1.807, 2.05) is 19.2 Å². The number of likely N-dealkylation sites (tertiary alicyclic amines) is 1. The Hall–Kier alpha value is -2.89. The van der Waals surface area contributed by atoms with Gasteiger partial charge in [-0.15, -0.1) is 0 Å². The zero-order valence-electron chi connectivity index (χ0n) is 20.3. The van der Waals surface area contributed by atoms with E-state index >= 15 is 0 Å². The maximum atomic E-state index is 13.7. The van der Waals surface area contributed by atoms with Crippen molar-refractivity contribution in [2.75, 3.05) is 35.5 Å². The van der Waals surface area contributed by atoms with E-state index in [0.29, 0.717) is 17.2 Å². The average Bonchev–Trinajstić information content (AvgIpc) is 3.44. The van der Waals surface area contributed by atoms with Gasteiger partial charge < -0.3 is 15.5 Å². The summed E-state index contributed by atoms with van der Waals surface area (Å²) < 4.78 is 28.0. The van der Waals surface area contributed by atoms with E-state index in [4.69, 9.17) is 27.4 Å². The van der Waals surface area contributed by atoms with Crippen LogP contribution in [-0.4, -0.2) is 65.8 Å². The Balaban J connectivity index is 1.49. The molecule has 4 heterocycles. The van der Waals surface area contributed by atoms with Crippen LogP contribution in [0.3, 0.4) is 0 Å². The summed E-state index contributed by atoms with van der Waals surface area (Å²) in [5.41, 5.74) is 9.00. The van der Waals surface area contributed by atoms with E-state index in [1.165, 1.54) is 12.1 Å². The van der Waals surface area contributed by atoms with Crippen LogP contribution in [0.1, 0.15) is 53.3 Å². The lowest BCUT2D eigenvalue weighted by molar-refractivity contribution is 0.0607. The van der Waals surface area contributed by atoms with Crippen molar-refractivity contribution in [1.29, 1.82) is 0 Å². The number of aromatic nitrogens is 3. The highest BCUT2D eigenvalue weighted by Crippen LogP contribution is 2.34. The summed E-state index contributed by atoms with van der Waals surface area (Å²) in [6.45, 7) is 4.20. The number of halogens is 1. The van der Waals surface area contributed by atoms with Gasteiger partial charge in [0.2, 0.25) is 10.0 Å². The lowest BCUT2D eigenvalue weighted by Crippen LogP contribution is -2.39. The number of carbonyl (C=O) groups excluding carboxylic acids is 1. The second-order valence-corrected chi connectivity index (χ2v) is 11.9. The molecule has 0 unspecified atom stereocenters. The van der Waals surface area contributed by atoms with Gasteiger partial charge in [0.05, 0.1) is 29.2 Å². The molecule has 2 aromatic heterocycles. The third kappa shape index (κ3) is 5.00. The number of amides is 1. The molecule has 0 spiro atoms. The van der Waals surface area contributed by atoms with Crippen molar-refractivity contribution < 1.29 is 13.2 Å². The molecule has 5 rings (SSSR count). The van der Waals surface area contributed by atoms with Gasteiger partial charge in [0.1, 0.15) is 5.82 Å². The number of aryl methyl sites for hydroxylation is 1. The van der Waals surface area contributed by atoms with Crippen LogP contribution < -0.4 is 15.4 Å². The topological polar surface area (TPSA) is 126 Å². The average molecular weight is 532 g/mol. The van der Waals surface area contributed by atoms with Crippen LogP contribution in [0.15, 0.2) is 30.5 Å². The van der Waals surface area contributed by atoms with Gasteiger partial charge in [0, 0.05) is 48.5 Å². The Bertz CT molecular complexity index is 1420. The smallest absolute Gasteiger partial charge is 0.256 e. The molecule has 0 bridgehead atoms. The molecule has 0 aliphatic carbocycles. The van der Waals surface area contributed by atoms with Crippen molar-refractivity contribution in [2.24, 2.45) is 5.73 Å². The van der Waals surface area contributed by atoms with Crippen LogP contribution in [0.2, 0.25) is 5.02 Å². The van der Waals surface area contributed by atoms with Crippen LogP contribution in [0.4, 0.5) is 11.5 Å². The standard InChI is InChI=1S/C24H30ClN7O3S/c1-15-13-32-22(27-23(15)30-10-8-17(26)14-30)12-20(28-32)21-5-3-4-9-31(21)24(33)18-11-16(25)6-7-19(18)29-36(2,34)35/h6-7,11-13,17,21,29H,3-5,8-10,14,26H2,1-2H3/t17-,21-/m0/s1. The molecule has 0 radical (unpaired) electrons. The quantitative estimate of drug-likeness (QED) is 0.518. The van der Waals surface area contributed by atoms with E-state index in [-0.39, 0.29) is 29.2 Å². The van der Waals surface area contributed by atoms with Crippen molar-refractivity contribution in [3.05, 3.63) is 52.3 Å². The van der Waals surface area contributed by atoms with Gasteiger partial charge in [-0.05, 0) is 50.8 Å². The number of hydrogen-bond donors (Lipinski definition) is 2. The van der Waals surface area contributed by atoms with Crippen LogP contribution in [0.25, 0.3) is 5.65 Å². The predicted octanol–water partition coefficient (Wildman–Crippen LogP) is 2.97. The third-order valence-corrected chi connectivity index (χ3v) is 7.59. The summed E-state index contributed by atoms with van der Waals surface area (Å²) in [6.07, 6.45) is 6.51. The lowest BCUT2D eigenvalue weighted by Gasteiger charge is -2.35. The van der Waals surface area contributed by atoms with Crippen molar-refractivity contribution >= 4 is 44.7 Å². The molecule has 192 valence electrons. The Morgan fingerprint density at radius 2 is 2.00 bits per heavy atom. The number of sulfonamides is 1. The SMILES string of the molecule is Cc1cn2nc([C@@H]3CCCCN3C(=O)c3cc(Cl)ccc3NS(C)(=O)=O)cc2nc1N1CC[C@H](N)C1. The van der Waals surface area contributed by atoms with Crippen molar-refractivity contribution in [3.8, 4) is 0 Å². The minimum atomic E-state index is -3.58. The first-order chi connectivity index (χ1) is 17.1. The number of hydrogen-bond acceptors (Lipinski definition) is 7. The highest BCUT2D eigenvalue weighted by Gasteiger charge is 2.32. The molecule has 2 aliphatic heterocycles. The molecular formula is C24H30ClN7O3S. The fourth-order valence-corrected chi connectivity index (χ4v) is 5.85. The molecular weight excluding hydrogens is 502 g/mol. The number of benzene rings is 1. The summed E-state index contributed by atoms with van der Waals surface area (Å²) >= 11 is 6.19. The van der Waals surface area contributed by atoms with Gasteiger partial charge in [-0.25, -0.2) is 17.9 Å². The van der Waals surface area contributed by atoms with E-state index in [0.717, 1.165) is 62.1 Å². The molecule has 3 aromatic rings. The molecule has 36 heavy (non-hydrogen) atoms. The second kappa shape index (κ2) is 9.53. The molecule has 2 saturated heterocycles. The largest absolute Gasteiger partial charge is 0.355 e. The van der Waals surface area contributed by atoms with Crippen molar-refractivity contribution in [1.82, 2.24) is 19.5 Å². The first kappa shape index (κ1) is 24.8. The first-order valence-electron chi connectivity index (χ1n) is 12.0. The lowest BCUT2D eigenvalue weighted by atomic mass is 9.98. The number of nitrogens with one attached hydrogen (secondary N) is 1. The number of fused-ring (bicyclic) bond motifs is 1. The monoisotopic (exact) mass is 531 g/mol. The zero-order valence-corrected chi connectivity index (χ0v) is 21.9. The van der Waals surface area contributed by atoms with Gasteiger partial charge in [0.25, 0.3) is 5.91 Å². The van der Waals surface area contributed by atoms with E-state index in [1.54, 1.807) is 15.5 Å². The predicted molar refractivity (Wildman–Crippen MR) is 140 cm³/mol. The summed E-state index contributed by atoms with van der Waals surface area (Å²) in [5, 5.41) is 5.14. The maximum absolute atomic E-state index is 13.7. The molecule has 2 fully saturated rings. The highest BCUT2D eigenvalue weighted by molar-refractivity contribution is 7.92. The van der Waals surface area contributed by atoms with E-state index in [2.05, 4.69) is 9.62 Å². The molecule has 3 N–H and O–H groups in total. The minimum absolute atomic E-state index is 0.151. The second-order valence-electron chi connectivity index (χ2n) is 9.69. The number of nitrogens with two attached hydrogens (primary N) is 1. The Labute approximate surface area is 215 Å². The molecule has 12 heteroatoms. The summed E-state index contributed by atoms with van der Waals surface area (Å²) in [4.78, 5) is 22.6. The molecule has 0 saturated carbocycles. The number of nitrogens with zero attached hydrogens (tertiary/aromatic N) is 5. The van der Waals surface area contributed by atoms with E-state index < -0.39 is 10.0 Å². The molecule has 1 aromatic carbocycles. The summed E-state index contributed by atoms with van der Waals surface area (Å²) in [7, 11) is -3.58. The van der Waals surface area contributed by atoms with Crippen LogP contribution in [0.5, 0.6) is 0 Å². The Morgan fingerprint density at radius 1 is 1.19 bits per heavy atom. The zero-order chi connectivity index (χ0) is 25.6. The third-order valence-electron chi connectivity index (χ3n) is 6.76. The highest BCUT2D eigenvalue weighted by atomic mass is 35.5. The number of rotatable bonds is 5. The maximum Gasteiger partial charge on any atom is 0.256 e. The number of carbonyl (C=O) groups is 1. The molecule has 1 amide bonds. The fraction of sp³-hybridized carbons (Fsp3) is 0.458. The van der Waals surface area contributed by atoms with Gasteiger partial charge in [-0.1, -0.05) is 11.6 Å². The summed E-state index contributed by atoms with van der Waals surface area (Å²) in [5.74, 6) is 0.621. The Morgan fingerprint density at radius 3 is 2.72 bits per heavy atom. The molecule has 10 nitrogen and oxygen atoms in total.